The number of nitrogens with one attached hydrogen (secondary N) is 1. The van der Waals surface area contributed by atoms with E-state index in [4.69, 9.17) is 4.74 Å². The van der Waals surface area contributed by atoms with Crippen molar-refractivity contribution in [2.75, 3.05) is 18.6 Å². The van der Waals surface area contributed by atoms with E-state index in [1.54, 1.807) is 41.3 Å². The largest absolute Gasteiger partial charge is 0.507 e. The van der Waals surface area contributed by atoms with Crippen molar-refractivity contribution in [2.45, 2.75) is 12.8 Å². The Morgan fingerprint density at radius 3 is 2.69 bits per heavy atom. The summed E-state index contributed by atoms with van der Waals surface area (Å²) in [5, 5.41) is 13.6. The van der Waals surface area contributed by atoms with E-state index >= 15 is 0 Å². The lowest BCUT2D eigenvalue weighted by Crippen LogP contribution is -2.24. The number of methoxy groups -OCH3 is 1. The number of phenols is 1. The van der Waals surface area contributed by atoms with Crippen LogP contribution < -0.4 is 15.1 Å². The van der Waals surface area contributed by atoms with Crippen molar-refractivity contribution in [3.05, 3.63) is 53.6 Å². The lowest BCUT2D eigenvalue weighted by molar-refractivity contribution is -0.117. The summed E-state index contributed by atoms with van der Waals surface area (Å²) in [6, 6.07) is 11.5. The number of phenolic OH excluding ortho intramolecular Hbond substituents is 1. The zero-order valence-corrected chi connectivity index (χ0v) is 14.3. The maximum Gasteiger partial charge on any atom is 0.271 e. The van der Waals surface area contributed by atoms with Crippen LogP contribution in [0.25, 0.3) is 0 Å². The zero-order valence-electron chi connectivity index (χ0n) is 14.3. The molecule has 0 saturated carbocycles. The first-order valence-corrected chi connectivity index (χ1v) is 8.19. The molecule has 1 fully saturated rings. The van der Waals surface area contributed by atoms with Gasteiger partial charge < -0.3 is 14.7 Å². The molecule has 0 radical (unpaired) electrons. The summed E-state index contributed by atoms with van der Waals surface area (Å²) in [4.78, 5) is 25.6. The fourth-order valence-electron chi connectivity index (χ4n) is 2.70. The number of hydrogen-bond donors (Lipinski definition) is 2. The fraction of sp³-hybridized carbons (Fsp3) is 0.211. The predicted octanol–water partition coefficient (Wildman–Crippen LogP) is 2.29. The molecule has 1 aliphatic rings. The molecule has 26 heavy (non-hydrogen) atoms. The van der Waals surface area contributed by atoms with E-state index in [1.165, 1.54) is 19.4 Å². The maximum atomic E-state index is 12.1. The number of benzene rings is 2. The monoisotopic (exact) mass is 353 g/mol. The predicted molar refractivity (Wildman–Crippen MR) is 97.7 cm³/mol. The van der Waals surface area contributed by atoms with Gasteiger partial charge in [0.05, 0.1) is 13.3 Å². The van der Waals surface area contributed by atoms with Gasteiger partial charge in [-0.3, -0.25) is 9.59 Å². The molecule has 2 aromatic carbocycles. The van der Waals surface area contributed by atoms with Gasteiger partial charge in [0.2, 0.25) is 5.91 Å². The number of hydrazone groups is 1. The van der Waals surface area contributed by atoms with Crippen LogP contribution in [0.15, 0.2) is 47.6 Å². The van der Waals surface area contributed by atoms with Gasteiger partial charge in [-0.05, 0) is 48.9 Å². The van der Waals surface area contributed by atoms with Crippen molar-refractivity contribution >= 4 is 23.7 Å². The van der Waals surface area contributed by atoms with Crippen molar-refractivity contribution in [3.63, 3.8) is 0 Å². The summed E-state index contributed by atoms with van der Waals surface area (Å²) in [6.07, 6.45) is 2.76. The number of carbonyl (C=O) groups is 2. The number of ether oxygens (including phenoxy) is 1. The van der Waals surface area contributed by atoms with Gasteiger partial charge in [-0.2, -0.15) is 5.10 Å². The van der Waals surface area contributed by atoms with Crippen LogP contribution in [0.4, 0.5) is 5.69 Å². The highest BCUT2D eigenvalue weighted by Crippen LogP contribution is 2.22. The topological polar surface area (TPSA) is 91.2 Å². The van der Waals surface area contributed by atoms with Crippen LogP contribution in [0.2, 0.25) is 0 Å². The molecule has 2 amide bonds. The van der Waals surface area contributed by atoms with E-state index in [1.807, 2.05) is 0 Å². The Balaban J connectivity index is 1.64. The molecular formula is C19H19N3O4. The third-order valence-electron chi connectivity index (χ3n) is 4.12. The highest BCUT2D eigenvalue weighted by Gasteiger charge is 2.21. The standard InChI is InChI=1S/C19H19N3O4/c1-26-16-8-9-17(23)14(11-16)12-20-21-19(25)13-4-6-15(7-5-13)22-10-2-3-18(22)24/h4-9,11-12,23H,2-3,10H2,1H3,(H,21,25)/b20-12-. The van der Waals surface area contributed by atoms with Crippen LogP contribution in [0.3, 0.4) is 0 Å². The molecule has 1 saturated heterocycles. The number of amides is 2. The second-order valence-electron chi connectivity index (χ2n) is 5.82. The Morgan fingerprint density at radius 1 is 1.27 bits per heavy atom. The Bertz CT molecular complexity index is 846. The van der Waals surface area contributed by atoms with Gasteiger partial charge in [-0.25, -0.2) is 5.43 Å². The van der Waals surface area contributed by atoms with Gasteiger partial charge in [0.15, 0.2) is 0 Å². The Hall–Kier alpha value is -3.35. The average Bonchev–Trinajstić information content (AvgIpc) is 3.09. The first-order valence-electron chi connectivity index (χ1n) is 8.19. The van der Waals surface area contributed by atoms with Crippen LogP contribution in [-0.2, 0) is 4.79 Å². The fourth-order valence-corrected chi connectivity index (χ4v) is 2.70. The van der Waals surface area contributed by atoms with Gasteiger partial charge in [0.25, 0.3) is 5.91 Å². The van der Waals surface area contributed by atoms with E-state index in [0.717, 1.165) is 12.1 Å². The van der Waals surface area contributed by atoms with Crippen molar-refractivity contribution < 1.29 is 19.4 Å². The normalized spacial score (nSPS) is 14.0. The number of carbonyl (C=O) groups excluding carboxylic acids is 2. The second kappa shape index (κ2) is 7.69. The third kappa shape index (κ3) is 3.83. The van der Waals surface area contributed by atoms with E-state index in [-0.39, 0.29) is 17.6 Å². The number of anilines is 1. The summed E-state index contributed by atoms with van der Waals surface area (Å²) in [5.74, 6) is 0.318. The SMILES string of the molecule is COc1ccc(O)c(/C=N\NC(=O)c2ccc(N3CCCC3=O)cc2)c1. The van der Waals surface area contributed by atoms with Gasteiger partial charge in [0.1, 0.15) is 11.5 Å². The number of nitrogens with zero attached hydrogens (tertiary/aromatic N) is 2. The molecule has 0 atom stereocenters. The lowest BCUT2D eigenvalue weighted by atomic mass is 10.2. The van der Waals surface area contributed by atoms with E-state index < -0.39 is 0 Å². The first-order chi connectivity index (χ1) is 12.6. The average molecular weight is 353 g/mol. The first kappa shape index (κ1) is 17.5. The van der Waals surface area contributed by atoms with Crippen LogP contribution in [0.5, 0.6) is 11.5 Å². The molecule has 2 aromatic rings. The minimum atomic E-state index is -0.386. The second-order valence-corrected chi connectivity index (χ2v) is 5.82. The molecule has 0 unspecified atom stereocenters. The molecule has 2 N–H and O–H groups in total. The Morgan fingerprint density at radius 2 is 2.04 bits per heavy atom. The van der Waals surface area contributed by atoms with Gasteiger partial charge in [-0.15, -0.1) is 0 Å². The minimum Gasteiger partial charge on any atom is -0.507 e. The maximum absolute atomic E-state index is 12.1. The zero-order chi connectivity index (χ0) is 18.5. The highest BCUT2D eigenvalue weighted by atomic mass is 16.5. The summed E-state index contributed by atoms with van der Waals surface area (Å²) in [5.41, 5.74) is 4.04. The van der Waals surface area contributed by atoms with Crippen LogP contribution in [0, 0.1) is 0 Å². The molecule has 134 valence electrons. The molecule has 0 spiro atoms. The van der Waals surface area contributed by atoms with Gasteiger partial charge in [0, 0.05) is 29.8 Å². The van der Waals surface area contributed by atoms with Crippen LogP contribution >= 0.6 is 0 Å². The van der Waals surface area contributed by atoms with Gasteiger partial charge >= 0.3 is 0 Å². The molecule has 0 bridgehead atoms. The van der Waals surface area contributed by atoms with Crippen LogP contribution in [0.1, 0.15) is 28.8 Å². The van der Waals surface area contributed by atoms with Gasteiger partial charge in [-0.1, -0.05) is 0 Å². The molecule has 1 aliphatic heterocycles. The number of aromatic hydroxyl groups is 1. The van der Waals surface area contributed by atoms with E-state index in [2.05, 4.69) is 10.5 Å². The third-order valence-corrected chi connectivity index (χ3v) is 4.12. The molecular weight excluding hydrogens is 334 g/mol. The minimum absolute atomic E-state index is 0.0310. The molecule has 1 heterocycles. The smallest absolute Gasteiger partial charge is 0.271 e. The Kier molecular flexibility index (Phi) is 5.17. The molecule has 3 rings (SSSR count). The summed E-state index contributed by atoms with van der Waals surface area (Å²) < 4.78 is 5.08. The van der Waals surface area contributed by atoms with Crippen molar-refractivity contribution in [1.82, 2.24) is 5.43 Å². The number of hydrogen-bond acceptors (Lipinski definition) is 5. The van der Waals surface area contributed by atoms with E-state index in [0.29, 0.717) is 29.8 Å². The number of rotatable bonds is 5. The summed E-state index contributed by atoms with van der Waals surface area (Å²) in [6.45, 7) is 0.707. The summed E-state index contributed by atoms with van der Waals surface area (Å²) >= 11 is 0. The molecule has 7 nitrogen and oxygen atoms in total. The lowest BCUT2D eigenvalue weighted by Gasteiger charge is -2.15. The quantitative estimate of drug-likeness (QED) is 0.637. The van der Waals surface area contributed by atoms with E-state index in [9.17, 15) is 14.7 Å². The molecule has 0 aromatic heterocycles. The van der Waals surface area contributed by atoms with Crippen molar-refractivity contribution in [2.24, 2.45) is 5.10 Å². The van der Waals surface area contributed by atoms with Crippen molar-refractivity contribution in [1.29, 1.82) is 0 Å². The highest BCUT2D eigenvalue weighted by molar-refractivity contribution is 5.98. The van der Waals surface area contributed by atoms with Crippen molar-refractivity contribution in [3.8, 4) is 11.5 Å². The molecule has 7 heteroatoms. The molecule has 0 aliphatic carbocycles. The van der Waals surface area contributed by atoms with Crippen LogP contribution in [-0.4, -0.2) is 36.8 Å². The summed E-state index contributed by atoms with van der Waals surface area (Å²) in [7, 11) is 1.52. The Labute approximate surface area is 150 Å².